The van der Waals surface area contributed by atoms with Gasteiger partial charge in [-0.3, -0.25) is 4.79 Å². The van der Waals surface area contributed by atoms with Crippen LogP contribution >= 0.6 is 12.4 Å². The number of piperidine rings is 2. The molecule has 3 aliphatic rings. The maximum atomic E-state index is 11.2. The Morgan fingerprint density at radius 3 is 2.50 bits per heavy atom. The molecule has 1 aromatic heterocycles. The molecule has 0 saturated carbocycles. The van der Waals surface area contributed by atoms with Crippen LogP contribution in [-0.4, -0.2) is 61.6 Å². The van der Waals surface area contributed by atoms with Gasteiger partial charge in [0.25, 0.3) is 0 Å². The van der Waals surface area contributed by atoms with Gasteiger partial charge >= 0.3 is 0 Å². The maximum Gasteiger partial charge on any atom is 0.250 e. The Hall–Kier alpha value is -1.37. The van der Waals surface area contributed by atoms with Crippen LogP contribution in [0.4, 0.5) is 5.82 Å². The van der Waals surface area contributed by atoms with Gasteiger partial charge in [0.1, 0.15) is 5.82 Å². The first-order valence-corrected chi connectivity index (χ1v) is 9.57. The molecule has 3 fully saturated rings. The molecule has 3 saturated heterocycles. The number of carbonyl (C=O) groups is 1. The van der Waals surface area contributed by atoms with E-state index in [0.29, 0.717) is 11.0 Å². The van der Waals surface area contributed by atoms with Crippen molar-refractivity contribution in [1.29, 1.82) is 0 Å². The first-order valence-electron chi connectivity index (χ1n) is 9.57. The van der Waals surface area contributed by atoms with Gasteiger partial charge in [0, 0.05) is 38.9 Å². The van der Waals surface area contributed by atoms with Crippen LogP contribution in [0.5, 0.6) is 0 Å². The number of carbonyl (C=O) groups excluding carboxylic acids is 1. The number of hydrogen-bond donors (Lipinski definition) is 2. The largest absolute Gasteiger partial charge is 0.366 e. The molecule has 1 aromatic rings. The lowest BCUT2D eigenvalue weighted by molar-refractivity contribution is -0.0297. The van der Waals surface area contributed by atoms with Gasteiger partial charge in [-0.2, -0.15) is 0 Å². The molecular weight excluding hydrogens is 350 g/mol. The Bertz CT molecular complexity index is 601. The lowest BCUT2D eigenvalue weighted by Gasteiger charge is -2.55. The lowest BCUT2D eigenvalue weighted by atomic mass is 9.71. The zero-order chi connectivity index (χ0) is 17.3. The van der Waals surface area contributed by atoms with Gasteiger partial charge < -0.3 is 20.9 Å². The van der Waals surface area contributed by atoms with Gasteiger partial charge in [0.2, 0.25) is 5.91 Å². The van der Waals surface area contributed by atoms with Crippen molar-refractivity contribution in [2.75, 3.05) is 50.7 Å². The summed E-state index contributed by atoms with van der Waals surface area (Å²) in [5.74, 6) is 1.44. The van der Waals surface area contributed by atoms with Gasteiger partial charge in [-0.05, 0) is 62.2 Å². The molecule has 26 heavy (non-hydrogen) atoms. The summed E-state index contributed by atoms with van der Waals surface area (Å²) in [6, 6.07) is 3.70. The van der Waals surface area contributed by atoms with E-state index in [4.69, 9.17) is 5.73 Å². The van der Waals surface area contributed by atoms with Gasteiger partial charge in [-0.15, -0.1) is 12.4 Å². The maximum absolute atomic E-state index is 11.2. The number of amides is 1. The average Bonchev–Trinajstić information content (AvgIpc) is 2.62. The number of rotatable bonds is 4. The Balaban J connectivity index is 0.00000196. The van der Waals surface area contributed by atoms with E-state index in [1.807, 2.05) is 6.07 Å². The first kappa shape index (κ1) is 19.4. The fraction of sp³-hybridized carbons (Fsp3) is 0.684. The molecule has 3 N–H and O–H groups in total. The van der Waals surface area contributed by atoms with E-state index in [1.165, 1.54) is 58.4 Å². The number of anilines is 1. The van der Waals surface area contributed by atoms with Crippen LogP contribution in [0, 0.1) is 11.3 Å². The molecule has 0 unspecified atom stereocenters. The highest BCUT2D eigenvalue weighted by molar-refractivity contribution is 5.92. The van der Waals surface area contributed by atoms with Crippen molar-refractivity contribution in [3.05, 3.63) is 23.9 Å². The highest BCUT2D eigenvalue weighted by atomic mass is 35.5. The minimum absolute atomic E-state index is 0. The van der Waals surface area contributed by atoms with Crippen molar-refractivity contribution < 1.29 is 4.79 Å². The molecule has 0 atom stereocenters. The Morgan fingerprint density at radius 1 is 1.23 bits per heavy atom. The molecule has 0 aromatic carbocycles. The molecule has 6 nitrogen and oxygen atoms in total. The van der Waals surface area contributed by atoms with Crippen molar-refractivity contribution in [3.63, 3.8) is 0 Å². The van der Waals surface area contributed by atoms with Crippen LogP contribution in [-0.2, 0) is 0 Å². The fourth-order valence-electron chi connectivity index (χ4n) is 4.71. The van der Waals surface area contributed by atoms with Crippen LogP contribution in [0.3, 0.4) is 0 Å². The van der Waals surface area contributed by atoms with Crippen LogP contribution in [0.1, 0.15) is 36.0 Å². The number of likely N-dealkylation sites (tertiary alicyclic amines) is 1. The lowest BCUT2D eigenvalue weighted by Crippen LogP contribution is -2.61. The van der Waals surface area contributed by atoms with Gasteiger partial charge in [-0.1, -0.05) is 0 Å². The molecule has 0 radical (unpaired) electrons. The van der Waals surface area contributed by atoms with Crippen molar-refractivity contribution in [1.82, 2.24) is 15.2 Å². The number of primary amides is 1. The topological polar surface area (TPSA) is 74.5 Å². The molecule has 4 heterocycles. The fourth-order valence-corrected chi connectivity index (χ4v) is 4.71. The number of aromatic nitrogens is 1. The standard InChI is InChI=1S/C19H29N5O.ClH/c20-18(25)16-1-2-17(22-11-16)24-9-5-19(6-10-24)13-23(14-19)12-15-3-7-21-8-4-15;/h1-2,11,15,21H,3-10,12-14H2,(H2,20,25);1H. The normalized spacial score (nSPS) is 23.3. The van der Waals surface area contributed by atoms with Crippen LogP contribution in [0.15, 0.2) is 18.3 Å². The summed E-state index contributed by atoms with van der Waals surface area (Å²) in [5.41, 5.74) is 6.30. The number of nitrogens with two attached hydrogens (primary N) is 1. The number of nitrogens with zero attached hydrogens (tertiary/aromatic N) is 3. The quantitative estimate of drug-likeness (QED) is 0.829. The molecular formula is C19H30ClN5O. The van der Waals surface area contributed by atoms with E-state index in [-0.39, 0.29) is 12.4 Å². The van der Waals surface area contributed by atoms with Crippen LogP contribution in [0.25, 0.3) is 0 Å². The monoisotopic (exact) mass is 379 g/mol. The highest BCUT2D eigenvalue weighted by Crippen LogP contribution is 2.41. The molecule has 7 heteroatoms. The third-order valence-corrected chi connectivity index (χ3v) is 6.27. The Morgan fingerprint density at radius 2 is 1.92 bits per heavy atom. The average molecular weight is 380 g/mol. The third kappa shape index (κ3) is 4.13. The van der Waals surface area contributed by atoms with E-state index >= 15 is 0 Å². The van der Waals surface area contributed by atoms with Crippen LogP contribution in [0.2, 0.25) is 0 Å². The number of halogens is 1. The number of pyridine rings is 1. The van der Waals surface area contributed by atoms with E-state index in [1.54, 1.807) is 12.3 Å². The summed E-state index contributed by atoms with van der Waals surface area (Å²) in [6.07, 6.45) is 6.75. The van der Waals surface area contributed by atoms with Crippen molar-refractivity contribution in [2.24, 2.45) is 17.1 Å². The SMILES string of the molecule is Cl.NC(=O)c1ccc(N2CCC3(CC2)CN(CC2CCNCC2)C3)nc1. The smallest absolute Gasteiger partial charge is 0.250 e. The van der Waals surface area contributed by atoms with Crippen LogP contribution < -0.4 is 16.0 Å². The van der Waals surface area contributed by atoms with E-state index in [9.17, 15) is 4.79 Å². The second-order valence-electron chi connectivity index (χ2n) is 8.12. The molecule has 0 aliphatic carbocycles. The minimum atomic E-state index is -0.417. The zero-order valence-electron chi connectivity index (χ0n) is 15.3. The summed E-state index contributed by atoms with van der Waals surface area (Å²) in [7, 11) is 0. The van der Waals surface area contributed by atoms with Gasteiger partial charge in [0.15, 0.2) is 0 Å². The summed E-state index contributed by atoms with van der Waals surface area (Å²) < 4.78 is 0. The summed E-state index contributed by atoms with van der Waals surface area (Å²) >= 11 is 0. The highest BCUT2D eigenvalue weighted by Gasteiger charge is 2.45. The van der Waals surface area contributed by atoms with E-state index in [0.717, 1.165) is 24.8 Å². The number of hydrogen-bond acceptors (Lipinski definition) is 5. The Labute approximate surface area is 161 Å². The predicted octanol–water partition coefficient (Wildman–Crippen LogP) is 1.50. The molecule has 1 amide bonds. The zero-order valence-corrected chi connectivity index (χ0v) is 16.1. The van der Waals surface area contributed by atoms with E-state index in [2.05, 4.69) is 20.1 Å². The third-order valence-electron chi connectivity index (χ3n) is 6.27. The van der Waals surface area contributed by atoms with Crippen molar-refractivity contribution >= 4 is 24.1 Å². The second kappa shape index (κ2) is 8.11. The summed E-state index contributed by atoms with van der Waals surface area (Å²) in [6.45, 7) is 8.36. The molecule has 4 rings (SSSR count). The van der Waals surface area contributed by atoms with Gasteiger partial charge in [-0.25, -0.2) is 4.98 Å². The molecule has 1 spiro atoms. The van der Waals surface area contributed by atoms with E-state index < -0.39 is 5.91 Å². The summed E-state index contributed by atoms with van der Waals surface area (Å²) in [4.78, 5) is 20.6. The first-order chi connectivity index (χ1) is 12.1. The summed E-state index contributed by atoms with van der Waals surface area (Å²) in [5, 5.41) is 3.46. The predicted molar refractivity (Wildman–Crippen MR) is 106 cm³/mol. The molecule has 144 valence electrons. The minimum Gasteiger partial charge on any atom is -0.366 e. The molecule has 0 bridgehead atoms. The van der Waals surface area contributed by atoms with Crippen molar-refractivity contribution in [2.45, 2.75) is 25.7 Å². The second-order valence-corrected chi connectivity index (χ2v) is 8.12. The van der Waals surface area contributed by atoms with Crippen molar-refractivity contribution in [3.8, 4) is 0 Å². The Kier molecular flexibility index (Phi) is 6.05. The van der Waals surface area contributed by atoms with Gasteiger partial charge in [0.05, 0.1) is 5.56 Å². The molecule has 3 aliphatic heterocycles. The number of nitrogens with one attached hydrogen (secondary N) is 1.